The Labute approximate surface area is 124 Å². The fraction of sp³-hybridized carbons (Fsp3) is 0.188. The fourth-order valence-electron chi connectivity index (χ4n) is 1.90. The standard InChI is InChI=1S/C16H12F4O2/c17-15-5-4-12(9-14(15)16(18,19)20)10-22-13-3-1-2-11(8-13)6-7-21/h1-5,7-9H,6,10H2. The molecular weight excluding hydrogens is 300 g/mol. The van der Waals surface area contributed by atoms with Crippen LogP contribution in [0.5, 0.6) is 5.75 Å². The molecule has 6 heteroatoms. The van der Waals surface area contributed by atoms with E-state index in [9.17, 15) is 22.4 Å². The molecule has 2 aromatic carbocycles. The number of benzene rings is 2. The van der Waals surface area contributed by atoms with E-state index in [-0.39, 0.29) is 18.6 Å². The SMILES string of the molecule is O=CCc1cccc(OCc2ccc(F)c(C(F)(F)F)c2)c1. The van der Waals surface area contributed by atoms with Crippen LogP contribution in [-0.2, 0) is 24.0 Å². The maximum absolute atomic E-state index is 13.2. The van der Waals surface area contributed by atoms with Gasteiger partial charge in [0.2, 0.25) is 0 Å². The summed E-state index contributed by atoms with van der Waals surface area (Å²) in [4.78, 5) is 10.4. The number of rotatable bonds is 5. The third-order valence-corrected chi connectivity index (χ3v) is 2.96. The highest BCUT2D eigenvalue weighted by Crippen LogP contribution is 2.32. The summed E-state index contributed by atoms with van der Waals surface area (Å²) in [6.07, 6.45) is -3.77. The Kier molecular flexibility index (Phi) is 4.80. The Morgan fingerprint density at radius 2 is 1.82 bits per heavy atom. The summed E-state index contributed by atoms with van der Waals surface area (Å²) in [5, 5.41) is 0. The van der Waals surface area contributed by atoms with E-state index >= 15 is 0 Å². The highest BCUT2D eigenvalue weighted by atomic mass is 19.4. The lowest BCUT2D eigenvalue weighted by molar-refractivity contribution is -0.140. The second-order valence-electron chi connectivity index (χ2n) is 4.62. The van der Waals surface area contributed by atoms with Gasteiger partial charge in [-0.25, -0.2) is 4.39 Å². The quantitative estimate of drug-likeness (QED) is 0.612. The van der Waals surface area contributed by atoms with Crippen LogP contribution < -0.4 is 4.74 Å². The lowest BCUT2D eigenvalue weighted by Gasteiger charge is -2.11. The minimum Gasteiger partial charge on any atom is -0.489 e. The van der Waals surface area contributed by atoms with Crippen LogP contribution in [-0.4, -0.2) is 6.29 Å². The minimum absolute atomic E-state index is 0.131. The average Bonchev–Trinajstić information content (AvgIpc) is 2.46. The second-order valence-corrected chi connectivity index (χ2v) is 4.62. The molecule has 0 heterocycles. The molecule has 22 heavy (non-hydrogen) atoms. The van der Waals surface area contributed by atoms with Crippen LogP contribution in [0.4, 0.5) is 17.6 Å². The fourth-order valence-corrected chi connectivity index (χ4v) is 1.90. The number of ether oxygens (including phenoxy) is 1. The van der Waals surface area contributed by atoms with Gasteiger partial charge in [-0.05, 0) is 35.4 Å². The summed E-state index contributed by atoms with van der Waals surface area (Å²) < 4.78 is 56.4. The summed E-state index contributed by atoms with van der Waals surface area (Å²) in [6.45, 7) is -0.131. The first-order valence-corrected chi connectivity index (χ1v) is 6.41. The molecule has 0 saturated heterocycles. The van der Waals surface area contributed by atoms with E-state index in [1.165, 1.54) is 6.07 Å². The number of aldehydes is 1. The smallest absolute Gasteiger partial charge is 0.419 e. The zero-order valence-corrected chi connectivity index (χ0v) is 11.4. The number of hydrogen-bond donors (Lipinski definition) is 0. The Hall–Kier alpha value is -2.37. The van der Waals surface area contributed by atoms with Crippen molar-refractivity contribution in [1.29, 1.82) is 0 Å². The van der Waals surface area contributed by atoms with Crippen molar-refractivity contribution < 1.29 is 27.1 Å². The first kappa shape index (κ1) is 16.0. The molecule has 0 aromatic heterocycles. The van der Waals surface area contributed by atoms with Crippen molar-refractivity contribution in [3.63, 3.8) is 0 Å². The molecule has 0 radical (unpaired) electrons. The Bertz CT molecular complexity index is 665. The lowest BCUT2D eigenvalue weighted by atomic mass is 10.1. The van der Waals surface area contributed by atoms with Crippen LogP contribution in [0.15, 0.2) is 42.5 Å². The number of carbonyl (C=O) groups excluding carboxylic acids is 1. The van der Waals surface area contributed by atoms with Gasteiger partial charge in [-0.2, -0.15) is 13.2 Å². The van der Waals surface area contributed by atoms with Gasteiger partial charge in [0.15, 0.2) is 0 Å². The van der Waals surface area contributed by atoms with Crippen LogP contribution in [0.3, 0.4) is 0 Å². The summed E-state index contributed by atoms with van der Waals surface area (Å²) in [6, 6.07) is 9.40. The van der Waals surface area contributed by atoms with Gasteiger partial charge in [0.05, 0.1) is 5.56 Å². The van der Waals surface area contributed by atoms with Gasteiger partial charge in [-0.1, -0.05) is 18.2 Å². The highest BCUT2D eigenvalue weighted by Gasteiger charge is 2.34. The second kappa shape index (κ2) is 6.60. The molecule has 2 aromatic rings. The van der Waals surface area contributed by atoms with Gasteiger partial charge < -0.3 is 9.53 Å². The Balaban J connectivity index is 2.12. The molecule has 0 aliphatic heterocycles. The molecule has 0 amide bonds. The molecule has 0 spiro atoms. The largest absolute Gasteiger partial charge is 0.489 e. The zero-order chi connectivity index (χ0) is 16.2. The van der Waals surface area contributed by atoms with E-state index in [1.807, 2.05) is 0 Å². The van der Waals surface area contributed by atoms with Gasteiger partial charge in [0, 0.05) is 6.42 Å². The molecule has 2 nitrogen and oxygen atoms in total. The van der Waals surface area contributed by atoms with Crippen molar-refractivity contribution in [3.8, 4) is 5.75 Å². The minimum atomic E-state index is -4.75. The van der Waals surface area contributed by atoms with Crippen molar-refractivity contribution in [2.45, 2.75) is 19.2 Å². The Morgan fingerprint density at radius 1 is 1.05 bits per heavy atom. The van der Waals surface area contributed by atoms with Crippen molar-refractivity contribution >= 4 is 6.29 Å². The topological polar surface area (TPSA) is 26.3 Å². The lowest BCUT2D eigenvalue weighted by Crippen LogP contribution is -2.09. The van der Waals surface area contributed by atoms with Gasteiger partial charge >= 0.3 is 6.18 Å². The predicted molar refractivity (Wildman–Crippen MR) is 71.9 cm³/mol. The predicted octanol–water partition coefficient (Wildman–Crippen LogP) is 4.16. The third-order valence-electron chi connectivity index (χ3n) is 2.96. The van der Waals surface area contributed by atoms with Crippen LogP contribution in [0.25, 0.3) is 0 Å². The van der Waals surface area contributed by atoms with E-state index < -0.39 is 17.6 Å². The number of alkyl halides is 3. The van der Waals surface area contributed by atoms with Crippen LogP contribution in [0.2, 0.25) is 0 Å². The molecule has 0 fully saturated rings. The van der Waals surface area contributed by atoms with E-state index in [4.69, 9.17) is 4.74 Å². The maximum Gasteiger partial charge on any atom is 0.419 e. The van der Waals surface area contributed by atoms with E-state index in [0.717, 1.165) is 24.0 Å². The molecule has 0 aliphatic carbocycles. The number of halogens is 4. The van der Waals surface area contributed by atoms with Crippen molar-refractivity contribution in [2.75, 3.05) is 0 Å². The highest BCUT2D eigenvalue weighted by molar-refractivity contribution is 5.55. The molecule has 0 aliphatic rings. The van der Waals surface area contributed by atoms with Crippen molar-refractivity contribution in [1.82, 2.24) is 0 Å². The van der Waals surface area contributed by atoms with Gasteiger partial charge in [-0.15, -0.1) is 0 Å². The zero-order valence-electron chi connectivity index (χ0n) is 11.4. The van der Waals surface area contributed by atoms with Gasteiger partial charge in [-0.3, -0.25) is 0 Å². The van der Waals surface area contributed by atoms with E-state index in [0.29, 0.717) is 5.75 Å². The normalized spacial score (nSPS) is 11.3. The Morgan fingerprint density at radius 3 is 2.50 bits per heavy atom. The number of hydrogen-bond acceptors (Lipinski definition) is 2. The molecule has 0 N–H and O–H groups in total. The molecule has 0 bridgehead atoms. The van der Waals surface area contributed by atoms with Gasteiger partial charge in [0.1, 0.15) is 24.5 Å². The van der Waals surface area contributed by atoms with Crippen LogP contribution in [0, 0.1) is 5.82 Å². The summed E-state index contributed by atoms with van der Waals surface area (Å²) in [5.41, 5.74) is -0.375. The first-order chi connectivity index (χ1) is 10.4. The van der Waals surface area contributed by atoms with Crippen molar-refractivity contribution in [2.24, 2.45) is 0 Å². The van der Waals surface area contributed by atoms with Crippen molar-refractivity contribution in [3.05, 3.63) is 65.0 Å². The molecular formula is C16H12F4O2. The summed E-state index contributed by atoms with van der Waals surface area (Å²) in [5.74, 6) is -0.888. The first-order valence-electron chi connectivity index (χ1n) is 6.41. The third kappa shape index (κ3) is 4.07. The molecule has 0 atom stereocenters. The summed E-state index contributed by atoms with van der Waals surface area (Å²) >= 11 is 0. The maximum atomic E-state index is 13.2. The monoisotopic (exact) mass is 312 g/mol. The summed E-state index contributed by atoms with van der Waals surface area (Å²) in [7, 11) is 0. The molecule has 2 rings (SSSR count). The number of carbonyl (C=O) groups is 1. The van der Waals surface area contributed by atoms with E-state index in [1.54, 1.807) is 24.3 Å². The van der Waals surface area contributed by atoms with Crippen LogP contribution >= 0.6 is 0 Å². The van der Waals surface area contributed by atoms with Crippen LogP contribution in [0.1, 0.15) is 16.7 Å². The van der Waals surface area contributed by atoms with E-state index in [2.05, 4.69) is 0 Å². The molecule has 0 unspecified atom stereocenters. The average molecular weight is 312 g/mol. The van der Waals surface area contributed by atoms with Gasteiger partial charge in [0.25, 0.3) is 0 Å². The molecule has 116 valence electrons. The molecule has 0 saturated carbocycles.